The van der Waals surface area contributed by atoms with Gasteiger partial charge in [0.2, 0.25) is 11.7 Å². The molecule has 0 radical (unpaired) electrons. The molecule has 0 aliphatic carbocycles. The molecule has 3 rings (SSSR count). The minimum atomic E-state index is -0.884. The van der Waals surface area contributed by atoms with Gasteiger partial charge in [-0.1, -0.05) is 12.1 Å². The summed E-state index contributed by atoms with van der Waals surface area (Å²) in [6, 6.07) is 9.84. The number of rotatable bonds is 6. The summed E-state index contributed by atoms with van der Waals surface area (Å²) in [5.41, 5.74) is 0.254. The number of Topliss-reactive ketones (excluding diaryl/α,β-unsaturated/α-hetero) is 1. The lowest BCUT2D eigenvalue weighted by Gasteiger charge is -2.28. The Labute approximate surface area is 158 Å². The molecule has 0 N–H and O–H groups in total. The van der Waals surface area contributed by atoms with E-state index >= 15 is 0 Å². The van der Waals surface area contributed by atoms with Gasteiger partial charge in [-0.25, -0.2) is 8.78 Å². The Morgan fingerprint density at radius 1 is 1.15 bits per heavy atom. The van der Waals surface area contributed by atoms with E-state index in [9.17, 15) is 23.2 Å². The van der Waals surface area contributed by atoms with Crippen LogP contribution in [0, 0.1) is 11.6 Å². The standard InChI is InChI=1S/C19H15F2NO4S/c20-12-5-6-14(21)13(9-12)16(23)10-26-19(25)7-8-22-15-3-1-2-4-17(15)27-11-18(22)24/h1-6,9H,7-8,10-11H2. The van der Waals surface area contributed by atoms with E-state index < -0.39 is 35.6 Å². The van der Waals surface area contributed by atoms with E-state index in [1.54, 1.807) is 12.1 Å². The Morgan fingerprint density at radius 2 is 1.93 bits per heavy atom. The fourth-order valence-electron chi connectivity index (χ4n) is 2.61. The van der Waals surface area contributed by atoms with Crippen LogP contribution in [-0.2, 0) is 14.3 Å². The van der Waals surface area contributed by atoms with Gasteiger partial charge in [0.25, 0.3) is 0 Å². The molecule has 1 amide bonds. The zero-order valence-corrected chi connectivity index (χ0v) is 14.9. The average molecular weight is 391 g/mol. The maximum Gasteiger partial charge on any atom is 0.308 e. The van der Waals surface area contributed by atoms with E-state index in [0.29, 0.717) is 0 Å². The zero-order chi connectivity index (χ0) is 19.4. The fraction of sp³-hybridized carbons (Fsp3) is 0.211. The van der Waals surface area contributed by atoms with Crippen LogP contribution in [0.3, 0.4) is 0 Å². The van der Waals surface area contributed by atoms with Crippen LogP contribution < -0.4 is 4.90 Å². The fourth-order valence-corrected chi connectivity index (χ4v) is 3.55. The molecular formula is C19H15F2NO4S. The molecule has 0 fully saturated rings. The number of nitrogens with zero attached hydrogens (tertiary/aromatic N) is 1. The monoisotopic (exact) mass is 391 g/mol. The molecule has 0 saturated carbocycles. The second-order valence-electron chi connectivity index (χ2n) is 5.76. The van der Waals surface area contributed by atoms with Crippen molar-refractivity contribution in [1.29, 1.82) is 0 Å². The van der Waals surface area contributed by atoms with E-state index in [0.717, 1.165) is 28.8 Å². The van der Waals surface area contributed by atoms with Gasteiger partial charge < -0.3 is 9.64 Å². The summed E-state index contributed by atoms with van der Waals surface area (Å²) in [4.78, 5) is 38.4. The lowest BCUT2D eigenvalue weighted by molar-refractivity contribution is -0.142. The second-order valence-corrected chi connectivity index (χ2v) is 6.78. The van der Waals surface area contributed by atoms with Crippen LogP contribution in [0.15, 0.2) is 47.4 Å². The third-order valence-electron chi connectivity index (χ3n) is 3.94. The summed E-state index contributed by atoms with van der Waals surface area (Å²) in [5.74, 6) is -3.02. The Bertz CT molecular complexity index is 903. The molecule has 2 aromatic rings. The lowest BCUT2D eigenvalue weighted by atomic mass is 10.1. The predicted octanol–water partition coefficient (Wildman–Crippen LogP) is 3.22. The maximum absolute atomic E-state index is 13.5. The number of para-hydroxylation sites is 1. The van der Waals surface area contributed by atoms with Gasteiger partial charge in [-0.05, 0) is 30.3 Å². The first-order valence-electron chi connectivity index (χ1n) is 8.12. The van der Waals surface area contributed by atoms with Crippen molar-refractivity contribution in [2.45, 2.75) is 11.3 Å². The first-order valence-corrected chi connectivity index (χ1v) is 9.10. The van der Waals surface area contributed by atoms with E-state index in [1.165, 1.54) is 16.7 Å². The first-order chi connectivity index (χ1) is 13.0. The number of amides is 1. The third kappa shape index (κ3) is 4.51. The molecular weight excluding hydrogens is 376 g/mol. The van der Waals surface area contributed by atoms with Gasteiger partial charge in [-0.3, -0.25) is 14.4 Å². The largest absolute Gasteiger partial charge is 0.457 e. The van der Waals surface area contributed by atoms with Crippen LogP contribution in [-0.4, -0.2) is 36.6 Å². The van der Waals surface area contributed by atoms with E-state index in [-0.39, 0.29) is 24.6 Å². The van der Waals surface area contributed by atoms with Gasteiger partial charge in [-0.15, -0.1) is 11.8 Å². The van der Waals surface area contributed by atoms with Crippen molar-refractivity contribution >= 4 is 35.1 Å². The van der Waals surface area contributed by atoms with E-state index in [4.69, 9.17) is 4.74 Å². The van der Waals surface area contributed by atoms with Crippen molar-refractivity contribution in [1.82, 2.24) is 0 Å². The molecule has 0 unspecified atom stereocenters. The van der Waals surface area contributed by atoms with Crippen LogP contribution in [0.25, 0.3) is 0 Å². The molecule has 0 bridgehead atoms. The summed E-state index contributed by atoms with van der Waals surface area (Å²) in [6.45, 7) is -0.586. The van der Waals surface area contributed by atoms with Crippen molar-refractivity contribution in [3.05, 3.63) is 59.7 Å². The minimum absolute atomic E-state index is 0.109. The highest BCUT2D eigenvalue weighted by atomic mass is 32.2. The van der Waals surface area contributed by atoms with Crippen LogP contribution in [0.1, 0.15) is 16.8 Å². The number of carbonyl (C=O) groups excluding carboxylic acids is 3. The molecule has 1 heterocycles. The summed E-state index contributed by atoms with van der Waals surface area (Å²) in [6.07, 6.45) is -0.121. The average Bonchev–Trinajstić information content (AvgIpc) is 2.67. The molecule has 0 saturated heterocycles. The summed E-state index contributed by atoms with van der Waals surface area (Å²) >= 11 is 1.43. The van der Waals surface area contributed by atoms with Gasteiger partial charge >= 0.3 is 5.97 Å². The number of benzene rings is 2. The highest BCUT2D eigenvalue weighted by molar-refractivity contribution is 8.00. The molecule has 140 valence electrons. The number of anilines is 1. The summed E-state index contributed by atoms with van der Waals surface area (Å²) in [7, 11) is 0. The molecule has 1 aliphatic heterocycles. The number of halogens is 2. The topological polar surface area (TPSA) is 63.7 Å². The first kappa shape index (κ1) is 19.0. The number of ether oxygens (including phenoxy) is 1. The number of esters is 1. The Morgan fingerprint density at radius 3 is 2.74 bits per heavy atom. The number of hydrogen-bond donors (Lipinski definition) is 0. The SMILES string of the molecule is O=C(CCN1C(=O)CSc2ccccc21)OCC(=O)c1cc(F)ccc1F. The van der Waals surface area contributed by atoms with Crippen molar-refractivity contribution in [3.8, 4) is 0 Å². The van der Waals surface area contributed by atoms with E-state index in [2.05, 4.69) is 0 Å². The summed E-state index contributed by atoms with van der Waals surface area (Å²) in [5, 5.41) is 0. The number of ketones is 1. The van der Waals surface area contributed by atoms with Crippen LogP contribution in [0.2, 0.25) is 0 Å². The van der Waals surface area contributed by atoms with Crippen molar-refractivity contribution < 1.29 is 27.9 Å². The predicted molar refractivity (Wildman–Crippen MR) is 95.8 cm³/mol. The molecule has 0 aromatic heterocycles. The second kappa shape index (κ2) is 8.30. The highest BCUT2D eigenvalue weighted by Crippen LogP contribution is 2.34. The smallest absolute Gasteiger partial charge is 0.308 e. The molecule has 8 heteroatoms. The summed E-state index contributed by atoms with van der Waals surface area (Å²) < 4.78 is 31.5. The molecule has 27 heavy (non-hydrogen) atoms. The minimum Gasteiger partial charge on any atom is -0.457 e. The molecule has 0 spiro atoms. The maximum atomic E-state index is 13.5. The zero-order valence-electron chi connectivity index (χ0n) is 14.1. The number of thioether (sulfide) groups is 1. The van der Waals surface area contributed by atoms with E-state index in [1.807, 2.05) is 12.1 Å². The normalized spacial score (nSPS) is 13.3. The Kier molecular flexibility index (Phi) is 5.85. The molecule has 1 aliphatic rings. The van der Waals surface area contributed by atoms with Crippen molar-refractivity contribution in [3.63, 3.8) is 0 Å². The quantitative estimate of drug-likeness (QED) is 0.559. The van der Waals surface area contributed by atoms with Crippen molar-refractivity contribution in [2.75, 3.05) is 23.8 Å². The number of hydrogen-bond acceptors (Lipinski definition) is 5. The highest BCUT2D eigenvalue weighted by Gasteiger charge is 2.25. The van der Waals surface area contributed by atoms with Crippen LogP contribution >= 0.6 is 11.8 Å². The molecule has 5 nitrogen and oxygen atoms in total. The van der Waals surface area contributed by atoms with Crippen molar-refractivity contribution in [2.24, 2.45) is 0 Å². The van der Waals surface area contributed by atoms with Crippen LogP contribution in [0.4, 0.5) is 14.5 Å². The van der Waals surface area contributed by atoms with Gasteiger partial charge in [0.1, 0.15) is 11.6 Å². The lowest BCUT2D eigenvalue weighted by Crippen LogP contribution is -2.37. The Balaban J connectivity index is 1.55. The molecule has 2 aromatic carbocycles. The Hall–Kier alpha value is -2.74. The number of carbonyl (C=O) groups is 3. The van der Waals surface area contributed by atoms with Crippen LogP contribution in [0.5, 0.6) is 0 Å². The molecule has 0 atom stereocenters. The van der Waals surface area contributed by atoms with Gasteiger partial charge in [0.15, 0.2) is 6.61 Å². The van der Waals surface area contributed by atoms with Gasteiger partial charge in [0, 0.05) is 11.4 Å². The van der Waals surface area contributed by atoms with Gasteiger partial charge in [0.05, 0.1) is 23.4 Å². The van der Waals surface area contributed by atoms with Gasteiger partial charge in [-0.2, -0.15) is 0 Å². The number of fused-ring (bicyclic) bond motifs is 1. The third-order valence-corrected chi connectivity index (χ3v) is 4.99.